The lowest BCUT2D eigenvalue weighted by atomic mass is 10.1. The molecule has 0 aromatic heterocycles. The van der Waals surface area contributed by atoms with Crippen LogP contribution in [0.4, 0.5) is 4.39 Å². The zero-order valence-electron chi connectivity index (χ0n) is 14.0. The second kappa shape index (κ2) is 7.51. The number of carbonyl (C=O) groups is 1. The van der Waals surface area contributed by atoms with Gasteiger partial charge in [-0.1, -0.05) is 23.7 Å². The molecule has 0 N–H and O–H groups in total. The summed E-state index contributed by atoms with van der Waals surface area (Å²) in [6.45, 7) is 0.236. The molecule has 2 aromatic carbocycles. The average Bonchev–Trinajstić information content (AvgIpc) is 2.56. The van der Waals surface area contributed by atoms with E-state index in [1.807, 2.05) is 0 Å². The van der Waals surface area contributed by atoms with Crippen molar-refractivity contribution in [2.45, 2.75) is 11.4 Å². The quantitative estimate of drug-likeness (QED) is 0.796. The Bertz CT molecular complexity index is 883. The fourth-order valence-electron chi connectivity index (χ4n) is 2.18. The fraction of sp³-hybridized carbons (Fsp3) is 0.235. The van der Waals surface area contributed by atoms with E-state index in [1.54, 1.807) is 19.2 Å². The molecule has 0 aliphatic carbocycles. The molecule has 0 aliphatic heterocycles. The Labute approximate surface area is 151 Å². The molecule has 134 valence electrons. The highest BCUT2D eigenvalue weighted by Crippen LogP contribution is 2.23. The summed E-state index contributed by atoms with van der Waals surface area (Å²) in [7, 11) is 0.706. The minimum absolute atomic E-state index is 0.0135. The van der Waals surface area contributed by atoms with E-state index in [0.717, 1.165) is 9.87 Å². The number of halogens is 2. The third kappa shape index (κ3) is 4.36. The van der Waals surface area contributed by atoms with Gasteiger partial charge in [0.2, 0.25) is 10.0 Å². The van der Waals surface area contributed by atoms with Gasteiger partial charge in [-0.15, -0.1) is 0 Å². The molecule has 5 nitrogen and oxygen atoms in total. The monoisotopic (exact) mass is 384 g/mol. The van der Waals surface area contributed by atoms with Crippen LogP contribution in [0.3, 0.4) is 0 Å². The van der Waals surface area contributed by atoms with Crippen LogP contribution >= 0.6 is 11.6 Å². The number of nitrogens with zero attached hydrogens (tertiary/aromatic N) is 2. The summed E-state index contributed by atoms with van der Waals surface area (Å²) < 4.78 is 38.5. The summed E-state index contributed by atoms with van der Waals surface area (Å²) >= 11 is 6.08. The number of rotatable bonds is 5. The second-order valence-corrected chi connectivity index (χ2v) is 8.28. The summed E-state index contributed by atoms with van der Waals surface area (Å²) in [5, 5.41) is 0.161. The van der Waals surface area contributed by atoms with Crippen LogP contribution in [0.2, 0.25) is 5.02 Å². The first-order valence-electron chi connectivity index (χ1n) is 7.35. The summed E-state index contributed by atoms with van der Waals surface area (Å²) in [4.78, 5) is 14.0. The molecule has 1 amide bonds. The lowest BCUT2D eigenvalue weighted by Crippen LogP contribution is -2.27. The Morgan fingerprint density at radius 3 is 2.24 bits per heavy atom. The highest BCUT2D eigenvalue weighted by atomic mass is 35.5. The van der Waals surface area contributed by atoms with Gasteiger partial charge in [0.15, 0.2) is 0 Å². The average molecular weight is 385 g/mol. The first-order valence-corrected chi connectivity index (χ1v) is 9.16. The third-order valence-electron chi connectivity index (χ3n) is 3.63. The molecule has 2 aromatic rings. The number of hydrogen-bond donors (Lipinski definition) is 0. The van der Waals surface area contributed by atoms with Crippen LogP contribution in [0, 0.1) is 5.82 Å². The molecule has 0 atom stereocenters. The van der Waals surface area contributed by atoms with Gasteiger partial charge >= 0.3 is 0 Å². The molecule has 0 saturated heterocycles. The van der Waals surface area contributed by atoms with E-state index < -0.39 is 15.9 Å². The maximum Gasteiger partial charge on any atom is 0.255 e. The van der Waals surface area contributed by atoms with Crippen LogP contribution in [-0.4, -0.2) is 44.7 Å². The molecular formula is C17H18ClFN2O3S. The van der Waals surface area contributed by atoms with E-state index in [-0.39, 0.29) is 27.8 Å². The zero-order chi connectivity index (χ0) is 18.8. The van der Waals surface area contributed by atoms with Crippen molar-refractivity contribution in [3.63, 3.8) is 0 Å². The van der Waals surface area contributed by atoms with Gasteiger partial charge in [-0.3, -0.25) is 4.79 Å². The van der Waals surface area contributed by atoms with Crippen LogP contribution in [0.1, 0.15) is 15.9 Å². The smallest absolute Gasteiger partial charge is 0.255 e. The van der Waals surface area contributed by atoms with Crippen molar-refractivity contribution in [1.29, 1.82) is 0 Å². The molecule has 0 unspecified atom stereocenters. The van der Waals surface area contributed by atoms with Gasteiger partial charge in [0.1, 0.15) is 5.82 Å². The number of benzene rings is 2. The Hall–Kier alpha value is -1.96. The molecule has 25 heavy (non-hydrogen) atoms. The summed E-state index contributed by atoms with van der Waals surface area (Å²) in [5.41, 5.74) is 0.833. The van der Waals surface area contributed by atoms with Crippen molar-refractivity contribution < 1.29 is 17.6 Å². The first-order chi connectivity index (χ1) is 11.6. The van der Waals surface area contributed by atoms with Crippen LogP contribution < -0.4 is 0 Å². The van der Waals surface area contributed by atoms with E-state index in [1.165, 1.54) is 49.3 Å². The van der Waals surface area contributed by atoms with Crippen molar-refractivity contribution in [3.8, 4) is 0 Å². The van der Waals surface area contributed by atoms with Crippen LogP contribution in [-0.2, 0) is 16.6 Å². The minimum atomic E-state index is -3.68. The number of amides is 1. The standard InChI is InChI=1S/C17H18ClFN2O3S/c1-20(2)25(23,24)14-8-9-16(18)15(10-14)17(22)21(3)11-12-4-6-13(19)7-5-12/h4-10H,11H2,1-3H3. The largest absolute Gasteiger partial charge is 0.337 e. The van der Waals surface area contributed by atoms with Gasteiger partial charge in [-0.25, -0.2) is 17.1 Å². The highest BCUT2D eigenvalue weighted by molar-refractivity contribution is 7.89. The van der Waals surface area contributed by atoms with Crippen molar-refractivity contribution in [3.05, 3.63) is 64.4 Å². The van der Waals surface area contributed by atoms with Gasteiger partial charge in [-0.2, -0.15) is 0 Å². The van der Waals surface area contributed by atoms with Gasteiger partial charge in [-0.05, 0) is 35.9 Å². The Morgan fingerprint density at radius 1 is 1.08 bits per heavy atom. The molecule has 0 bridgehead atoms. The van der Waals surface area contributed by atoms with E-state index in [4.69, 9.17) is 11.6 Å². The maximum atomic E-state index is 13.0. The van der Waals surface area contributed by atoms with Gasteiger partial charge in [0, 0.05) is 27.7 Å². The number of carbonyl (C=O) groups excluding carboxylic acids is 1. The molecule has 0 saturated carbocycles. The van der Waals surface area contributed by atoms with Crippen LogP contribution in [0.5, 0.6) is 0 Å². The Morgan fingerprint density at radius 2 is 1.68 bits per heavy atom. The fourth-order valence-corrected chi connectivity index (χ4v) is 3.31. The van der Waals surface area contributed by atoms with E-state index in [0.29, 0.717) is 0 Å². The molecule has 0 heterocycles. The Balaban J connectivity index is 2.30. The highest BCUT2D eigenvalue weighted by Gasteiger charge is 2.22. The number of hydrogen-bond acceptors (Lipinski definition) is 3. The van der Waals surface area contributed by atoms with Crippen molar-refractivity contribution in [1.82, 2.24) is 9.21 Å². The minimum Gasteiger partial charge on any atom is -0.337 e. The normalized spacial score (nSPS) is 11.6. The molecule has 0 radical (unpaired) electrons. The molecule has 2 rings (SSSR count). The number of sulfonamides is 1. The van der Waals surface area contributed by atoms with Crippen molar-refractivity contribution >= 4 is 27.5 Å². The van der Waals surface area contributed by atoms with Gasteiger partial charge in [0.05, 0.1) is 15.5 Å². The summed E-state index contributed by atoms with van der Waals surface area (Å²) in [5.74, 6) is -0.785. The molecule has 8 heteroatoms. The molecule has 0 fully saturated rings. The SMILES string of the molecule is CN(Cc1ccc(F)cc1)C(=O)c1cc(S(=O)(=O)N(C)C)ccc1Cl. The molecule has 0 aliphatic rings. The lowest BCUT2D eigenvalue weighted by molar-refractivity contribution is 0.0785. The lowest BCUT2D eigenvalue weighted by Gasteiger charge is -2.19. The predicted molar refractivity (Wildman–Crippen MR) is 94.5 cm³/mol. The van der Waals surface area contributed by atoms with Crippen molar-refractivity contribution in [2.75, 3.05) is 21.1 Å². The van der Waals surface area contributed by atoms with E-state index in [2.05, 4.69) is 0 Å². The summed E-state index contributed by atoms with van der Waals surface area (Å²) in [6, 6.07) is 9.78. The van der Waals surface area contributed by atoms with Crippen LogP contribution in [0.15, 0.2) is 47.4 Å². The third-order valence-corrected chi connectivity index (χ3v) is 5.77. The maximum absolute atomic E-state index is 13.0. The summed E-state index contributed by atoms with van der Waals surface area (Å²) in [6.07, 6.45) is 0. The van der Waals surface area contributed by atoms with E-state index >= 15 is 0 Å². The zero-order valence-corrected chi connectivity index (χ0v) is 15.6. The molecule has 0 spiro atoms. The predicted octanol–water partition coefficient (Wildman–Crippen LogP) is 3.00. The second-order valence-electron chi connectivity index (χ2n) is 5.72. The van der Waals surface area contributed by atoms with Gasteiger partial charge in [0.25, 0.3) is 5.91 Å². The first kappa shape index (κ1) is 19.4. The van der Waals surface area contributed by atoms with Crippen molar-refractivity contribution in [2.24, 2.45) is 0 Å². The van der Waals surface area contributed by atoms with E-state index in [9.17, 15) is 17.6 Å². The van der Waals surface area contributed by atoms with Gasteiger partial charge < -0.3 is 4.90 Å². The van der Waals surface area contributed by atoms with Crippen LogP contribution in [0.25, 0.3) is 0 Å². The topological polar surface area (TPSA) is 57.7 Å². The Kier molecular flexibility index (Phi) is 5.82. The molecular weight excluding hydrogens is 367 g/mol.